The number of carbonyl (C=O) groups is 3. The van der Waals surface area contributed by atoms with Crippen molar-refractivity contribution in [3.05, 3.63) is 47.5 Å². The summed E-state index contributed by atoms with van der Waals surface area (Å²) in [6.07, 6.45) is 5.00. The third-order valence-corrected chi connectivity index (χ3v) is 3.63. The number of allylic oxidation sites excluding steroid dienone is 2. The van der Waals surface area contributed by atoms with Gasteiger partial charge in [0, 0.05) is 19.3 Å². The first-order chi connectivity index (χ1) is 10.0. The van der Waals surface area contributed by atoms with Gasteiger partial charge in [-0.15, -0.1) is 0 Å². The van der Waals surface area contributed by atoms with E-state index in [-0.39, 0.29) is 23.5 Å². The Morgan fingerprint density at radius 1 is 1.24 bits per heavy atom. The molecule has 0 aromatic heterocycles. The summed E-state index contributed by atoms with van der Waals surface area (Å²) < 4.78 is 0. The third-order valence-electron chi connectivity index (χ3n) is 3.63. The van der Waals surface area contributed by atoms with Gasteiger partial charge >= 0.3 is 0 Å². The lowest BCUT2D eigenvalue weighted by Gasteiger charge is -2.19. The van der Waals surface area contributed by atoms with Crippen LogP contribution in [-0.4, -0.2) is 17.6 Å². The molecule has 1 N–H and O–H groups in total. The predicted octanol–water partition coefficient (Wildman–Crippen LogP) is 2.11. The smallest absolute Gasteiger partial charge is 0.226 e. The Morgan fingerprint density at radius 3 is 2.57 bits per heavy atom. The van der Waals surface area contributed by atoms with Gasteiger partial charge in [-0.05, 0) is 36.5 Å². The van der Waals surface area contributed by atoms with Gasteiger partial charge in [-0.3, -0.25) is 19.7 Å². The maximum absolute atomic E-state index is 11.9. The number of benzene rings is 1. The first-order valence-electron chi connectivity index (χ1n) is 7.11. The fraction of sp³-hybridized carbons (Fsp3) is 0.353. The molecule has 0 radical (unpaired) electrons. The molecule has 1 aromatic carbocycles. The highest BCUT2D eigenvalue weighted by Crippen LogP contribution is 2.18. The number of amides is 2. The van der Waals surface area contributed by atoms with E-state index in [0.29, 0.717) is 25.7 Å². The number of rotatable bonds is 5. The number of aryl methyl sites for hydroxylation is 1. The molecule has 2 amide bonds. The molecule has 0 spiro atoms. The predicted molar refractivity (Wildman–Crippen MR) is 79.5 cm³/mol. The average molecular weight is 285 g/mol. The third kappa shape index (κ3) is 4.67. The van der Waals surface area contributed by atoms with Crippen LogP contribution in [0.3, 0.4) is 0 Å². The number of hydrogen-bond acceptors (Lipinski definition) is 3. The molecule has 1 heterocycles. The molecule has 0 aliphatic carbocycles. The van der Waals surface area contributed by atoms with E-state index in [1.165, 1.54) is 0 Å². The summed E-state index contributed by atoms with van der Waals surface area (Å²) in [5.74, 6) is -0.406. The van der Waals surface area contributed by atoms with Crippen LogP contribution in [0, 0.1) is 12.8 Å². The average Bonchev–Trinajstić information content (AvgIpc) is 2.40. The van der Waals surface area contributed by atoms with Crippen LogP contribution in [-0.2, 0) is 20.8 Å². The summed E-state index contributed by atoms with van der Waals surface area (Å²) >= 11 is 0. The molecule has 0 atom stereocenters. The Balaban J connectivity index is 1.84. The van der Waals surface area contributed by atoms with E-state index in [1.54, 1.807) is 12.2 Å². The van der Waals surface area contributed by atoms with Gasteiger partial charge in [-0.2, -0.15) is 0 Å². The lowest BCUT2D eigenvalue weighted by atomic mass is 9.93. The van der Waals surface area contributed by atoms with Crippen LogP contribution in [0.15, 0.2) is 36.4 Å². The van der Waals surface area contributed by atoms with Crippen LogP contribution < -0.4 is 5.32 Å². The molecule has 2 rings (SSSR count). The molecule has 4 nitrogen and oxygen atoms in total. The highest BCUT2D eigenvalue weighted by atomic mass is 16.2. The molecule has 0 bridgehead atoms. The van der Waals surface area contributed by atoms with Gasteiger partial charge in [0.05, 0.1) is 0 Å². The van der Waals surface area contributed by atoms with Gasteiger partial charge in [0.2, 0.25) is 11.8 Å². The van der Waals surface area contributed by atoms with E-state index in [9.17, 15) is 14.4 Å². The van der Waals surface area contributed by atoms with Crippen molar-refractivity contribution in [1.29, 1.82) is 0 Å². The number of carbonyl (C=O) groups excluding carboxylic acids is 3. The second-order valence-electron chi connectivity index (χ2n) is 5.45. The van der Waals surface area contributed by atoms with Crippen LogP contribution >= 0.6 is 0 Å². The fourth-order valence-electron chi connectivity index (χ4n) is 2.47. The summed E-state index contributed by atoms with van der Waals surface area (Å²) in [7, 11) is 0. The molecule has 21 heavy (non-hydrogen) atoms. The molecular formula is C17H19NO3. The van der Waals surface area contributed by atoms with Crippen molar-refractivity contribution in [3.8, 4) is 0 Å². The maximum atomic E-state index is 11.9. The number of hydrogen-bond donors (Lipinski definition) is 1. The zero-order chi connectivity index (χ0) is 15.2. The Bertz CT molecular complexity index is 573. The Hall–Kier alpha value is -2.23. The lowest BCUT2D eigenvalue weighted by molar-refractivity contribution is -0.134. The minimum atomic E-state index is -0.226. The normalized spacial score (nSPS) is 16.2. The summed E-state index contributed by atoms with van der Waals surface area (Å²) in [6, 6.07) is 7.81. The van der Waals surface area contributed by atoms with E-state index in [0.717, 1.165) is 11.1 Å². The Morgan fingerprint density at radius 2 is 1.90 bits per heavy atom. The van der Waals surface area contributed by atoms with Gasteiger partial charge in [-0.1, -0.05) is 30.3 Å². The van der Waals surface area contributed by atoms with Gasteiger partial charge in [-0.25, -0.2) is 0 Å². The molecular weight excluding hydrogens is 266 g/mol. The monoisotopic (exact) mass is 285 g/mol. The topological polar surface area (TPSA) is 63.2 Å². The van der Waals surface area contributed by atoms with Crippen molar-refractivity contribution in [3.63, 3.8) is 0 Å². The summed E-state index contributed by atoms with van der Waals surface area (Å²) in [6.45, 7) is 1.98. The summed E-state index contributed by atoms with van der Waals surface area (Å²) in [5.41, 5.74) is 2.13. The summed E-state index contributed by atoms with van der Waals surface area (Å²) in [4.78, 5) is 34.4. The minimum Gasteiger partial charge on any atom is -0.296 e. The molecule has 0 unspecified atom stereocenters. The first kappa shape index (κ1) is 15.2. The van der Waals surface area contributed by atoms with Gasteiger partial charge in [0.1, 0.15) is 0 Å². The second-order valence-corrected chi connectivity index (χ2v) is 5.45. The quantitative estimate of drug-likeness (QED) is 0.665. The highest BCUT2D eigenvalue weighted by molar-refractivity contribution is 5.97. The highest BCUT2D eigenvalue weighted by Gasteiger charge is 2.23. The lowest BCUT2D eigenvalue weighted by Crippen LogP contribution is -2.38. The molecule has 110 valence electrons. The number of nitrogens with one attached hydrogen (secondary N) is 1. The molecule has 0 saturated carbocycles. The minimum absolute atomic E-state index is 0.00811. The summed E-state index contributed by atoms with van der Waals surface area (Å²) in [5, 5.41) is 2.28. The van der Waals surface area contributed by atoms with E-state index >= 15 is 0 Å². The maximum Gasteiger partial charge on any atom is 0.226 e. The van der Waals surface area contributed by atoms with E-state index in [4.69, 9.17) is 0 Å². The Labute approximate surface area is 124 Å². The van der Waals surface area contributed by atoms with Crippen LogP contribution in [0.5, 0.6) is 0 Å². The van der Waals surface area contributed by atoms with Crippen molar-refractivity contribution < 1.29 is 14.4 Å². The van der Waals surface area contributed by atoms with Crippen LogP contribution in [0.4, 0.5) is 0 Å². The van der Waals surface area contributed by atoms with Crippen molar-refractivity contribution in [2.24, 2.45) is 5.92 Å². The van der Waals surface area contributed by atoms with Crippen molar-refractivity contribution in [2.45, 2.75) is 32.6 Å². The van der Waals surface area contributed by atoms with E-state index in [2.05, 4.69) is 5.32 Å². The van der Waals surface area contributed by atoms with Crippen LogP contribution in [0.2, 0.25) is 0 Å². The van der Waals surface area contributed by atoms with Gasteiger partial charge in [0.15, 0.2) is 5.78 Å². The second kappa shape index (κ2) is 6.97. The molecule has 1 aliphatic rings. The van der Waals surface area contributed by atoms with Gasteiger partial charge in [0.25, 0.3) is 0 Å². The largest absolute Gasteiger partial charge is 0.296 e. The molecule has 4 heteroatoms. The van der Waals surface area contributed by atoms with Crippen molar-refractivity contribution >= 4 is 17.6 Å². The number of ketones is 1. The number of imide groups is 1. The molecule has 1 aliphatic heterocycles. The van der Waals surface area contributed by atoms with Crippen molar-refractivity contribution in [2.75, 3.05) is 0 Å². The van der Waals surface area contributed by atoms with Crippen LogP contribution in [0.1, 0.15) is 30.4 Å². The SMILES string of the molecule is Cc1ccccc1CC(=O)/C=C/CC1CC(=O)NC(=O)C1. The fourth-order valence-corrected chi connectivity index (χ4v) is 2.47. The zero-order valence-corrected chi connectivity index (χ0v) is 12.1. The standard InChI is InChI=1S/C17H19NO3/c1-12-5-2-3-7-14(12)11-15(19)8-4-6-13-9-16(20)18-17(21)10-13/h2-5,7-8,13H,6,9-11H2,1H3,(H,18,20,21)/b8-4+. The van der Waals surface area contributed by atoms with Crippen molar-refractivity contribution in [1.82, 2.24) is 5.32 Å². The molecule has 1 aromatic rings. The first-order valence-corrected chi connectivity index (χ1v) is 7.11. The molecule has 1 fully saturated rings. The van der Waals surface area contributed by atoms with E-state index in [1.807, 2.05) is 31.2 Å². The van der Waals surface area contributed by atoms with Gasteiger partial charge < -0.3 is 0 Å². The molecule has 1 saturated heterocycles. The van der Waals surface area contributed by atoms with E-state index < -0.39 is 0 Å². The Kier molecular flexibility index (Phi) is 5.04. The zero-order valence-electron chi connectivity index (χ0n) is 12.1. The van der Waals surface area contributed by atoms with Crippen LogP contribution in [0.25, 0.3) is 0 Å². The number of piperidine rings is 1.